The van der Waals surface area contributed by atoms with Gasteiger partial charge < -0.3 is 4.84 Å². The number of sulfonamides is 1. The third-order valence-corrected chi connectivity index (χ3v) is 8.13. The second-order valence-corrected chi connectivity index (χ2v) is 10.5. The highest BCUT2D eigenvalue weighted by molar-refractivity contribution is 7.93. The molecule has 1 aliphatic rings. The first-order valence-electron chi connectivity index (χ1n) is 11.4. The number of para-hydroxylation sites is 1. The zero-order chi connectivity index (χ0) is 26.9. The van der Waals surface area contributed by atoms with Crippen LogP contribution in [0.3, 0.4) is 0 Å². The molecule has 2 amide bonds. The molecule has 0 aromatic heterocycles. The number of halogens is 1. The summed E-state index contributed by atoms with van der Waals surface area (Å²) >= 11 is 6.32. The Labute approximate surface area is 223 Å². The van der Waals surface area contributed by atoms with Crippen LogP contribution in [-0.2, 0) is 21.4 Å². The number of fused-ring (bicyclic) bond motifs is 1. The second-order valence-electron chi connectivity index (χ2n) is 8.31. The zero-order valence-electron chi connectivity index (χ0n) is 19.7. The van der Waals surface area contributed by atoms with Crippen LogP contribution in [0.2, 0.25) is 5.02 Å². The minimum atomic E-state index is -4.29. The van der Waals surface area contributed by atoms with Gasteiger partial charge in [-0.05, 0) is 48.0 Å². The van der Waals surface area contributed by atoms with Crippen molar-refractivity contribution in [2.75, 3.05) is 4.31 Å². The number of carbonyl (C=O) groups excluding carboxylic acids is 3. The first-order valence-corrected chi connectivity index (χ1v) is 13.2. The topological polar surface area (TPSA) is 101 Å². The van der Waals surface area contributed by atoms with Crippen LogP contribution in [0.15, 0.2) is 108 Å². The summed E-state index contributed by atoms with van der Waals surface area (Å²) in [6, 6.07) is 27.1. The summed E-state index contributed by atoms with van der Waals surface area (Å²) < 4.78 is 29.0. The molecule has 5 rings (SSSR count). The summed E-state index contributed by atoms with van der Waals surface area (Å²) in [5, 5.41) is 0.248. The SMILES string of the molecule is O=C(ON1C(=O)c2ccccc2C1=O)c1ccc(Cl)c(S(=O)(=O)N(Cc2ccccc2)c2ccccc2)c1. The van der Waals surface area contributed by atoms with Gasteiger partial charge in [-0.25, -0.2) is 13.2 Å². The monoisotopic (exact) mass is 546 g/mol. The highest BCUT2D eigenvalue weighted by Crippen LogP contribution is 2.31. The average molecular weight is 547 g/mol. The fraction of sp³-hybridized carbons (Fsp3) is 0.0357. The fourth-order valence-corrected chi connectivity index (χ4v) is 5.95. The van der Waals surface area contributed by atoms with Gasteiger partial charge in [0.2, 0.25) is 0 Å². The largest absolute Gasteiger partial charge is 0.363 e. The molecule has 0 spiro atoms. The van der Waals surface area contributed by atoms with Gasteiger partial charge in [0.05, 0.1) is 33.9 Å². The minimum absolute atomic E-state index is 0.00717. The van der Waals surface area contributed by atoms with Gasteiger partial charge in [-0.15, -0.1) is 0 Å². The molecule has 0 saturated carbocycles. The van der Waals surface area contributed by atoms with Crippen molar-refractivity contribution in [2.24, 2.45) is 0 Å². The second kappa shape index (κ2) is 10.1. The lowest BCUT2D eigenvalue weighted by atomic mass is 10.1. The van der Waals surface area contributed by atoms with E-state index >= 15 is 0 Å². The van der Waals surface area contributed by atoms with Gasteiger partial charge in [-0.1, -0.05) is 77.3 Å². The van der Waals surface area contributed by atoms with E-state index in [4.69, 9.17) is 16.4 Å². The normalized spacial score (nSPS) is 12.8. The van der Waals surface area contributed by atoms with Gasteiger partial charge in [-0.2, -0.15) is 0 Å². The molecule has 4 aromatic rings. The molecule has 190 valence electrons. The van der Waals surface area contributed by atoms with Crippen LogP contribution in [0.25, 0.3) is 0 Å². The van der Waals surface area contributed by atoms with Crippen molar-refractivity contribution in [1.29, 1.82) is 0 Å². The van der Waals surface area contributed by atoms with Crippen LogP contribution in [-0.4, -0.2) is 31.3 Å². The van der Waals surface area contributed by atoms with E-state index in [-0.39, 0.29) is 33.2 Å². The maximum Gasteiger partial charge on any atom is 0.363 e. The molecule has 10 heteroatoms. The third-order valence-electron chi connectivity index (χ3n) is 5.88. The highest BCUT2D eigenvalue weighted by Gasteiger charge is 2.39. The van der Waals surface area contributed by atoms with Gasteiger partial charge >= 0.3 is 5.97 Å². The van der Waals surface area contributed by atoms with E-state index in [0.29, 0.717) is 10.8 Å². The van der Waals surface area contributed by atoms with Crippen molar-refractivity contribution >= 4 is 45.1 Å². The van der Waals surface area contributed by atoms with Gasteiger partial charge in [-0.3, -0.25) is 13.9 Å². The average Bonchev–Trinajstić information content (AvgIpc) is 3.17. The molecule has 0 unspecified atom stereocenters. The Hall–Kier alpha value is -4.47. The van der Waals surface area contributed by atoms with Gasteiger partial charge in [0, 0.05) is 0 Å². The molecule has 4 aromatic carbocycles. The Morgan fingerprint density at radius 3 is 1.95 bits per heavy atom. The lowest BCUT2D eigenvalue weighted by molar-refractivity contribution is -0.0584. The number of rotatable bonds is 7. The van der Waals surface area contributed by atoms with Crippen molar-refractivity contribution in [3.63, 3.8) is 0 Å². The Morgan fingerprint density at radius 1 is 0.789 bits per heavy atom. The van der Waals surface area contributed by atoms with Gasteiger partial charge in [0.15, 0.2) is 0 Å². The third kappa shape index (κ3) is 4.65. The number of anilines is 1. The molecule has 1 heterocycles. The molecule has 8 nitrogen and oxygen atoms in total. The summed E-state index contributed by atoms with van der Waals surface area (Å²) in [6.45, 7) is 0.00717. The van der Waals surface area contributed by atoms with Gasteiger partial charge in [0.25, 0.3) is 21.8 Å². The van der Waals surface area contributed by atoms with E-state index in [1.807, 2.05) is 6.07 Å². The van der Waals surface area contributed by atoms with Crippen LogP contribution in [0.1, 0.15) is 36.6 Å². The van der Waals surface area contributed by atoms with Gasteiger partial charge in [0.1, 0.15) is 4.90 Å². The Balaban J connectivity index is 1.48. The fourth-order valence-electron chi connectivity index (χ4n) is 3.99. The molecular weight excluding hydrogens is 528 g/mol. The van der Waals surface area contributed by atoms with E-state index in [0.717, 1.165) is 11.6 Å². The summed E-state index contributed by atoms with van der Waals surface area (Å²) in [6.07, 6.45) is 0. The highest BCUT2D eigenvalue weighted by atomic mass is 35.5. The summed E-state index contributed by atoms with van der Waals surface area (Å²) in [5.74, 6) is -2.68. The Morgan fingerprint density at radius 2 is 1.34 bits per heavy atom. The van der Waals surface area contributed by atoms with E-state index < -0.39 is 27.8 Å². The first kappa shape index (κ1) is 25.2. The number of hydroxylamine groups is 2. The van der Waals surface area contributed by atoms with E-state index in [9.17, 15) is 22.8 Å². The predicted molar refractivity (Wildman–Crippen MR) is 140 cm³/mol. The van der Waals surface area contributed by atoms with Crippen molar-refractivity contribution in [3.8, 4) is 0 Å². The number of benzene rings is 4. The molecule has 0 atom stereocenters. The maximum absolute atomic E-state index is 13.9. The smallest absolute Gasteiger partial charge is 0.324 e. The molecular formula is C28H19ClN2O6S. The van der Waals surface area contributed by atoms with Crippen LogP contribution >= 0.6 is 11.6 Å². The molecule has 38 heavy (non-hydrogen) atoms. The van der Waals surface area contributed by atoms with Crippen LogP contribution in [0.5, 0.6) is 0 Å². The minimum Gasteiger partial charge on any atom is -0.324 e. The van der Waals surface area contributed by atoms with E-state index in [2.05, 4.69) is 0 Å². The molecule has 0 radical (unpaired) electrons. The molecule has 0 aliphatic carbocycles. The number of amides is 2. The molecule has 0 bridgehead atoms. The van der Waals surface area contributed by atoms with Crippen molar-refractivity contribution in [3.05, 3.63) is 130 Å². The molecule has 0 N–H and O–H groups in total. The van der Waals surface area contributed by atoms with Crippen molar-refractivity contribution < 1.29 is 27.6 Å². The van der Waals surface area contributed by atoms with Crippen LogP contribution in [0.4, 0.5) is 5.69 Å². The summed E-state index contributed by atoms with van der Waals surface area (Å²) in [5.41, 5.74) is 1.12. The molecule has 0 fully saturated rings. The molecule has 1 aliphatic heterocycles. The van der Waals surface area contributed by atoms with E-state index in [1.165, 1.54) is 28.6 Å². The van der Waals surface area contributed by atoms with Crippen LogP contribution in [0, 0.1) is 0 Å². The van der Waals surface area contributed by atoms with Crippen LogP contribution < -0.4 is 4.31 Å². The van der Waals surface area contributed by atoms with E-state index in [1.54, 1.807) is 66.7 Å². The number of nitrogens with zero attached hydrogens (tertiary/aromatic N) is 2. The van der Waals surface area contributed by atoms with Crippen molar-refractivity contribution in [1.82, 2.24) is 5.06 Å². The lowest BCUT2D eigenvalue weighted by Crippen LogP contribution is -2.33. The number of imide groups is 1. The van der Waals surface area contributed by atoms with Crippen molar-refractivity contribution in [2.45, 2.75) is 11.4 Å². The number of hydrogen-bond donors (Lipinski definition) is 0. The Bertz CT molecular complexity index is 1620. The summed E-state index contributed by atoms with van der Waals surface area (Å²) in [4.78, 5) is 42.9. The standard InChI is InChI=1S/C28H19ClN2O6S/c29-24-16-15-20(28(34)37-31-26(32)22-13-7-8-14-23(22)27(31)33)17-25(24)38(35,36)30(21-11-5-2-6-12-21)18-19-9-3-1-4-10-19/h1-17H,18H2. The molecule has 0 saturated heterocycles. The predicted octanol–water partition coefficient (Wildman–Crippen LogP) is 5.10. The lowest BCUT2D eigenvalue weighted by Gasteiger charge is -2.25. The first-order chi connectivity index (χ1) is 18.3. The maximum atomic E-state index is 13.9. The quantitative estimate of drug-likeness (QED) is 0.299. The zero-order valence-corrected chi connectivity index (χ0v) is 21.2. The Kier molecular flexibility index (Phi) is 6.71. The summed E-state index contributed by atoms with van der Waals surface area (Å²) in [7, 11) is -4.29. The number of carbonyl (C=O) groups is 3. The number of hydrogen-bond acceptors (Lipinski definition) is 6.